The second kappa shape index (κ2) is 7.21. The molecule has 1 saturated carbocycles. The largest absolute Gasteiger partial charge is 0.379 e. The van der Waals surface area contributed by atoms with Gasteiger partial charge in [0.15, 0.2) is 0 Å². The first-order chi connectivity index (χ1) is 9.88. The van der Waals surface area contributed by atoms with E-state index in [0.717, 1.165) is 44.3 Å². The van der Waals surface area contributed by atoms with E-state index in [1.807, 2.05) is 0 Å². The van der Waals surface area contributed by atoms with Gasteiger partial charge < -0.3 is 10.1 Å². The van der Waals surface area contributed by atoms with Crippen molar-refractivity contribution in [1.82, 2.24) is 15.1 Å². The van der Waals surface area contributed by atoms with Gasteiger partial charge in [-0.15, -0.1) is 0 Å². The van der Waals surface area contributed by atoms with E-state index in [2.05, 4.69) is 22.0 Å². The normalized spacial score (nSPS) is 36.1. The Labute approximate surface area is 123 Å². The zero-order chi connectivity index (χ0) is 13.8. The number of likely N-dealkylation sites (tertiary alicyclic amines) is 1. The molecule has 2 saturated heterocycles. The molecule has 3 rings (SSSR count). The summed E-state index contributed by atoms with van der Waals surface area (Å²) in [5.41, 5.74) is 0. The summed E-state index contributed by atoms with van der Waals surface area (Å²) in [5, 5.41) is 3.61. The number of nitrogens with zero attached hydrogens (tertiary/aromatic N) is 2. The van der Waals surface area contributed by atoms with Gasteiger partial charge in [0.2, 0.25) is 0 Å². The minimum absolute atomic E-state index is 0.795. The summed E-state index contributed by atoms with van der Waals surface area (Å²) in [4.78, 5) is 5.44. The third kappa shape index (κ3) is 3.35. The van der Waals surface area contributed by atoms with Crippen molar-refractivity contribution in [2.75, 3.05) is 52.5 Å². The molecule has 0 aromatic rings. The van der Waals surface area contributed by atoms with E-state index in [9.17, 15) is 0 Å². The lowest BCUT2D eigenvalue weighted by molar-refractivity contribution is 0.0133. The van der Waals surface area contributed by atoms with Crippen molar-refractivity contribution >= 4 is 0 Å². The third-order valence-electron chi connectivity index (χ3n) is 5.44. The quantitative estimate of drug-likeness (QED) is 0.740. The summed E-state index contributed by atoms with van der Waals surface area (Å²) >= 11 is 0. The number of morpholine rings is 1. The van der Waals surface area contributed by atoms with Crippen LogP contribution in [0.15, 0.2) is 0 Å². The highest BCUT2D eigenvalue weighted by molar-refractivity contribution is 4.95. The lowest BCUT2D eigenvalue weighted by Crippen LogP contribution is -2.51. The van der Waals surface area contributed by atoms with Gasteiger partial charge in [0, 0.05) is 38.3 Å². The van der Waals surface area contributed by atoms with Crippen LogP contribution in [0.5, 0.6) is 0 Å². The number of hydrogen-bond acceptors (Lipinski definition) is 4. The predicted octanol–water partition coefficient (Wildman–Crippen LogP) is 1.17. The molecule has 0 amide bonds. The van der Waals surface area contributed by atoms with Crippen LogP contribution in [-0.4, -0.2) is 74.4 Å². The van der Waals surface area contributed by atoms with Gasteiger partial charge in [-0.05, 0) is 44.7 Å². The van der Waals surface area contributed by atoms with Crippen LogP contribution < -0.4 is 5.32 Å². The van der Waals surface area contributed by atoms with Crippen molar-refractivity contribution in [1.29, 1.82) is 0 Å². The summed E-state index contributed by atoms with van der Waals surface area (Å²) in [6.45, 7) is 11.4. The molecule has 4 nitrogen and oxygen atoms in total. The van der Waals surface area contributed by atoms with Crippen molar-refractivity contribution < 1.29 is 4.74 Å². The van der Waals surface area contributed by atoms with Gasteiger partial charge in [-0.25, -0.2) is 0 Å². The van der Waals surface area contributed by atoms with Crippen LogP contribution in [0.25, 0.3) is 0 Å². The fourth-order valence-corrected chi connectivity index (χ4v) is 4.04. The van der Waals surface area contributed by atoms with E-state index in [4.69, 9.17) is 4.74 Å². The minimum atomic E-state index is 0.795. The fraction of sp³-hybridized carbons (Fsp3) is 1.00. The lowest BCUT2D eigenvalue weighted by Gasteiger charge is -2.43. The fourth-order valence-electron chi connectivity index (χ4n) is 4.04. The molecule has 2 heterocycles. The van der Waals surface area contributed by atoms with Crippen LogP contribution in [0.4, 0.5) is 0 Å². The SMILES string of the molecule is CCCNCC1CCC1N1CCC(N2CCOCC2)C1. The number of ether oxygens (including phenoxy) is 1. The zero-order valence-electron chi connectivity index (χ0n) is 13.0. The van der Waals surface area contributed by atoms with Crippen LogP contribution in [0.1, 0.15) is 32.6 Å². The minimum Gasteiger partial charge on any atom is -0.379 e. The first-order valence-corrected chi connectivity index (χ1v) is 8.65. The van der Waals surface area contributed by atoms with Crippen molar-refractivity contribution in [2.45, 2.75) is 44.7 Å². The molecule has 1 aliphatic carbocycles. The Balaban J connectivity index is 1.42. The summed E-state index contributed by atoms with van der Waals surface area (Å²) in [6.07, 6.45) is 5.47. The van der Waals surface area contributed by atoms with Crippen molar-refractivity contribution in [3.05, 3.63) is 0 Å². The highest BCUT2D eigenvalue weighted by Gasteiger charge is 2.39. The molecule has 3 atom stereocenters. The second-order valence-electron chi connectivity index (χ2n) is 6.69. The van der Waals surface area contributed by atoms with Gasteiger partial charge in [-0.1, -0.05) is 6.92 Å². The number of nitrogens with one attached hydrogen (secondary N) is 1. The van der Waals surface area contributed by atoms with Crippen LogP contribution in [0, 0.1) is 5.92 Å². The summed E-state index contributed by atoms with van der Waals surface area (Å²) < 4.78 is 5.47. The average Bonchev–Trinajstić information content (AvgIpc) is 2.92. The van der Waals surface area contributed by atoms with Crippen molar-refractivity contribution in [3.8, 4) is 0 Å². The van der Waals surface area contributed by atoms with E-state index in [1.165, 1.54) is 51.9 Å². The van der Waals surface area contributed by atoms with E-state index in [-0.39, 0.29) is 0 Å². The van der Waals surface area contributed by atoms with E-state index in [1.54, 1.807) is 0 Å². The monoisotopic (exact) mass is 281 g/mol. The Morgan fingerprint density at radius 1 is 1.05 bits per heavy atom. The van der Waals surface area contributed by atoms with Crippen LogP contribution in [0.2, 0.25) is 0 Å². The highest BCUT2D eigenvalue weighted by Crippen LogP contribution is 2.34. The number of rotatable bonds is 6. The topological polar surface area (TPSA) is 27.7 Å². The molecule has 0 bridgehead atoms. The van der Waals surface area contributed by atoms with Crippen LogP contribution >= 0.6 is 0 Å². The Morgan fingerprint density at radius 3 is 2.60 bits per heavy atom. The molecule has 2 aliphatic heterocycles. The molecule has 116 valence electrons. The maximum Gasteiger partial charge on any atom is 0.0594 e. The molecule has 3 aliphatic rings. The van der Waals surface area contributed by atoms with Gasteiger partial charge in [0.1, 0.15) is 0 Å². The third-order valence-corrected chi connectivity index (χ3v) is 5.44. The molecular formula is C16H31N3O. The van der Waals surface area contributed by atoms with Gasteiger partial charge in [-0.2, -0.15) is 0 Å². The van der Waals surface area contributed by atoms with Crippen molar-refractivity contribution in [2.24, 2.45) is 5.92 Å². The molecule has 0 aromatic heterocycles. The van der Waals surface area contributed by atoms with Crippen LogP contribution in [0.3, 0.4) is 0 Å². The first-order valence-electron chi connectivity index (χ1n) is 8.65. The maximum atomic E-state index is 5.47. The molecule has 0 radical (unpaired) electrons. The zero-order valence-corrected chi connectivity index (χ0v) is 13.0. The van der Waals surface area contributed by atoms with Crippen molar-refractivity contribution in [3.63, 3.8) is 0 Å². The summed E-state index contributed by atoms with van der Waals surface area (Å²) in [6, 6.07) is 1.66. The molecule has 0 aromatic carbocycles. The maximum absolute atomic E-state index is 5.47. The Bertz CT molecular complexity index is 293. The van der Waals surface area contributed by atoms with Crippen LogP contribution in [-0.2, 0) is 4.74 Å². The molecule has 3 fully saturated rings. The molecule has 1 N–H and O–H groups in total. The lowest BCUT2D eigenvalue weighted by atomic mass is 9.78. The Kier molecular flexibility index (Phi) is 5.32. The Morgan fingerprint density at radius 2 is 1.90 bits per heavy atom. The van der Waals surface area contributed by atoms with E-state index >= 15 is 0 Å². The van der Waals surface area contributed by atoms with Gasteiger partial charge >= 0.3 is 0 Å². The first kappa shape index (κ1) is 14.8. The molecular weight excluding hydrogens is 250 g/mol. The standard InChI is InChI=1S/C16H31N3O/c1-2-6-17-12-14-3-4-16(14)19-7-5-15(13-19)18-8-10-20-11-9-18/h14-17H,2-13H2,1H3. The number of hydrogen-bond donors (Lipinski definition) is 1. The van der Waals surface area contributed by atoms with Gasteiger partial charge in [-0.3, -0.25) is 9.80 Å². The predicted molar refractivity (Wildman–Crippen MR) is 82.0 cm³/mol. The summed E-state index contributed by atoms with van der Waals surface area (Å²) in [5.74, 6) is 0.907. The molecule has 3 unspecified atom stereocenters. The average molecular weight is 281 g/mol. The van der Waals surface area contributed by atoms with Gasteiger partial charge in [0.05, 0.1) is 13.2 Å². The van der Waals surface area contributed by atoms with E-state index < -0.39 is 0 Å². The van der Waals surface area contributed by atoms with Gasteiger partial charge in [0.25, 0.3) is 0 Å². The molecule has 4 heteroatoms. The molecule has 0 spiro atoms. The second-order valence-corrected chi connectivity index (χ2v) is 6.69. The Hall–Kier alpha value is -0.160. The van der Waals surface area contributed by atoms with E-state index in [0.29, 0.717) is 0 Å². The molecule has 20 heavy (non-hydrogen) atoms. The smallest absolute Gasteiger partial charge is 0.0594 e. The highest BCUT2D eigenvalue weighted by atomic mass is 16.5. The summed E-state index contributed by atoms with van der Waals surface area (Å²) in [7, 11) is 0.